The first-order valence-corrected chi connectivity index (χ1v) is 6.49. The third-order valence-corrected chi connectivity index (χ3v) is 3.69. The molecule has 0 heterocycles. The van der Waals surface area contributed by atoms with Gasteiger partial charge in [-0.2, -0.15) is 0 Å². The number of hydrogen-bond acceptors (Lipinski definition) is 2. The molecular weight excluding hydrogens is 229 g/mol. The quantitative estimate of drug-likeness (QED) is 0.724. The van der Waals surface area contributed by atoms with E-state index >= 15 is 0 Å². The molecule has 0 saturated carbocycles. The maximum absolute atomic E-state index is 11.0. The van der Waals surface area contributed by atoms with Crippen LogP contribution in [0.25, 0.3) is 0 Å². The zero-order valence-corrected chi connectivity index (χ0v) is 10.2. The Balaban J connectivity index is 3.41. The van der Waals surface area contributed by atoms with Crippen molar-refractivity contribution < 1.29 is 4.21 Å². The molecule has 0 radical (unpaired) electrons. The Morgan fingerprint density at radius 3 is 2.77 bits per heavy atom. The normalized spacial score (nSPS) is 17.1. The van der Waals surface area contributed by atoms with Gasteiger partial charge in [-0.15, -0.1) is 0 Å². The molecule has 0 bridgehead atoms. The van der Waals surface area contributed by atoms with Crippen molar-refractivity contribution in [3.63, 3.8) is 0 Å². The third-order valence-electron chi connectivity index (χ3n) is 1.71. The molecule has 0 amide bonds. The largest absolute Gasteiger partial charge is 0.312 e. The molecule has 0 rings (SSSR count). The molecule has 0 aliphatic heterocycles. The number of halogens is 2. The van der Waals surface area contributed by atoms with Crippen molar-refractivity contribution in [1.29, 1.82) is 0 Å². The summed E-state index contributed by atoms with van der Waals surface area (Å²) in [5.74, 6) is 0. The fourth-order valence-corrected chi connectivity index (χ4v) is 1.34. The third kappa shape index (κ3) is 7.50. The second-order valence-corrected chi connectivity index (χ2v) is 5.34. The zero-order chi connectivity index (χ0) is 10.3. The second kappa shape index (κ2) is 7.80. The van der Waals surface area contributed by atoms with E-state index in [0.717, 1.165) is 13.0 Å². The summed E-state index contributed by atoms with van der Waals surface area (Å²) >= 11 is 11.0. The minimum Gasteiger partial charge on any atom is -0.312 e. The molecular formula is C8H15Cl2NOS. The highest BCUT2D eigenvalue weighted by molar-refractivity contribution is 7.84. The summed E-state index contributed by atoms with van der Waals surface area (Å²) in [7, 11) is -0.740. The first kappa shape index (κ1) is 13.4. The highest BCUT2D eigenvalue weighted by Crippen LogP contribution is 2.01. The zero-order valence-electron chi connectivity index (χ0n) is 7.85. The Hall–Kier alpha value is 0.430. The molecule has 1 N–H and O–H groups in total. The smallest absolute Gasteiger partial charge is 0.0431 e. The van der Waals surface area contributed by atoms with Gasteiger partial charge in [-0.25, -0.2) is 0 Å². The van der Waals surface area contributed by atoms with E-state index in [1.54, 1.807) is 6.26 Å². The molecule has 13 heavy (non-hydrogen) atoms. The highest BCUT2D eigenvalue weighted by Gasteiger charge is 2.04. The van der Waals surface area contributed by atoms with Crippen LogP contribution in [0.3, 0.4) is 0 Å². The van der Waals surface area contributed by atoms with Gasteiger partial charge < -0.3 is 5.32 Å². The molecule has 78 valence electrons. The van der Waals surface area contributed by atoms with E-state index in [2.05, 4.69) is 5.32 Å². The van der Waals surface area contributed by atoms with Gasteiger partial charge in [-0.3, -0.25) is 4.21 Å². The van der Waals surface area contributed by atoms with Gasteiger partial charge in [0, 0.05) is 39.4 Å². The van der Waals surface area contributed by atoms with Crippen LogP contribution in [0.4, 0.5) is 0 Å². The standard InChI is InChI=1S/C8H15Cl2NOS/c1-7(13(2)12)3-4-11-6-8(10)5-9/h5,7,11H,3-4,6H2,1-2H3. The predicted octanol–water partition coefficient (Wildman–Crippen LogP) is 2.05. The van der Waals surface area contributed by atoms with Gasteiger partial charge in [-0.1, -0.05) is 30.1 Å². The van der Waals surface area contributed by atoms with E-state index in [1.165, 1.54) is 5.54 Å². The van der Waals surface area contributed by atoms with E-state index in [1.807, 2.05) is 6.92 Å². The Morgan fingerprint density at radius 2 is 2.31 bits per heavy atom. The lowest BCUT2D eigenvalue weighted by Crippen LogP contribution is -2.22. The number of nitrogens with one attached hydrogen (secondary N) is 1. The van der Waals surface area contributed by atoms with Gasteiger partial charge >= 0.3 is 0 Å². The molecule has 5 heteroatoms. The van der Waals surface area contributed by atoms with Gasteiger partial charge in [0.15, 0.2) is 0 Å². The molecule has 0 aliphatic carbocycles. The Kier molecular flexibility index (Phi) is 8.06. The number of hydrogen-bond donors (Lipinski definition) is 1. The van der Waals surface area contributed by atoms with Gasteiger partial charge in [0.1, 0.15) is 0 Å². The summed E-state index contributed by atoms with van der Waals surface area (Å²) in [5.41, 5.74) is 1.34. The lowest BCUT2D eigenvalue weighted by atomic mass is 10.3. The molecule has 2 nitrogen and oxygen atoms in total. The first-order valence-electron chi connectivity index (χ1n) is 4.05. The maximum Gasteiger partial charge on any atom is 0.0431 e. The molecule has 0 aromatic heterocycles. The van der Waals surface area contributed by atoms with Crippen LogP contribution in [0.15, 0.2) is 10.6 Å². The Labute approximate surface area is 92.1 Å². The average Bonchev–Trinajstić information content (AvgIpc) is 2.11. The summed E-state index contributed by atoms with van der Waals surface area (Å²) < 4.78 is 11.0. The SMILES string of the molecule is CC(CCNCC(Cl)=CCl)S(C)=O. The van der Waals surface area contributed by atoms with E-state index in [4.69, 9.17) is 23.2 Å². The van der Waals surface area contributed by atoms with Crippen LogP contribution < -0.4 is 5.32 Å². The van der Waals surface area contributed by atoms with Gasteiger partial charge in [0.25, 0.3) is 0 Å². The van der Waals surface area contributed by atoms with Crippen molar-refractivity contribution in [3.05, 3.63) is 10.6 Å². The molecule has 0 aliphatic rings. The first-order chi connectivity index (χ1) is 6.07. The van der Waals surface area contributed by atoms with Crippen LogP contribution in [-0.4, -0.2) is 28.8 Å². The summed E-state index contributed by atoms with van der Waals surface area (Å²) in [6, 6.07) is 0. The van der Waals surface area contributed by atoms with Crippen molar-refractivity contribution in [2.24, 2.45) is 0 Å². The van der Waals surface area contributed by atoms with E-state index in [-0.39, 0.29) is 5.25 Å². The second-order valence-electron chi connectivity index (χ2n) is 2.83. The minimum absolute atomic E-state index is 0.228. The highest BCUT2D eigenvalue weighted by atomic mass is 35.5. The summed E-state index contributed by atoms with van der Waals surface area (Å²) in [6.07, 6.45) is 2.60. The Morgan fingerprint density at radius 1 is 1.69 bits per heavy atom. The van der Waals surface area contributed by atoms with Crippen molar-refractivity contribution in [2.45, 2.75) is 18.6 Å². The van der Waals surface area contributed by atoms with Crippen LogP contribution in [0.2, 0.25) is 0 Å². The molecule has 0 spiro atoms. The van der Waals surface area contributed by atoms with Crippen molar-refractivity contribution in [3.8, 4) is 0 Å². The maximum atomic E-state index is 11.0. The molecule has 2 atom stereocenters. The van der Waals surface area contributed by atoms with Gasteiger partial charge in [0.05, 0.1) is 0 Å². The average molecular weight is 244 g/mol. The van der Waals surface area contributed by atoms with Crippen LogP contribution in [0.1, 0.15) is 13.3 Å². The van der Waals surface area contributed by atoms with Crippen LogP contribution >= 0.6 is 23.2 Å². The molecule has 0 fully saturated rings. The summed E-state index contributed by atoms with van der Waals surface area (Å²) in [5, 5.41) is 3.92. The van der Waals surface area contributed by atoms with Crippen LogP contribution in [-0.2, 0) is 10.8 Å². The van der Waals surface area contributed by atoms with Gasteiger partial charge in [-0.05, 0) is 13.0 Å². The fraction of sp³-hybridized carbons (Fsp3) is 0.750. The fourth-order valence-electron chi connectivity index (χ4n) is 0.718. The molecule has 0 aromatic carbocycles. The number of rotatable bonds is 6. The predicted molar refractivity (Wildman–Crippen MR) is 60.8 cm³/mol. The minimum atomic E-state index is -0.740. The molecule has 2 unspecified atom stereocenters. The van der Waals surface area contributed by atoms with Crippen molar-refractivity contribution in [2.75, 3.05) is 19.3 Å². The summed E-state index contributed by atoms with van der Waals surface area (Å²) in [6.45, 7) is 3.35. The summed E-state index contributed by atoms with van der Waals surface area (Å²) in [4.78, 5) is 0. The molecule has 0 aromatic rings. The van der Waals surface area contributed by atoms with Crippen LogP contribution in [0.5, 0.6) is 0 Å². The van der Waals surface area contributed by atoms with Crippen molar-refractivity contribution in [1.82, 2.24) is 5.32 Å². The van der Waals surface area contributed by atoms with E-state index in [9.17, 15) is 4.21 Å². The monoisotopic (exact) mass is 243 g/mol. The Bertz CT molecular complexity index is 197. The topological polar surface area (TPSA) is 29.1 Å². The molecule has 0 saturated heterocycles. The van der Waals surface area contributed by atoms with E-state index in [0.29, 0.717) is 11.6 Å². The van der Waals surface area contributed by atoms with Crippen molar-refractivity contribution >= 4 is 34.0 Å². The van der Waals surface area contributed by atoms with E-state index < -0.39 is 10.8 Å². The van der Waals surface area contributed by atoms with Gasteiger partial charge in [0.2, 0.25) is 0 Å². The lowest BCUT2D eigenvalue weighted by Gasteiger charge is -2.08. The van der Waals surface area contributed by atoms with Crippen LogP contribution in [0, 0.1) is 0 Å². The lowest BCUT2D eigenvalue weighted by molar-refractivity contribution is 0.649.